The number of aliphatic imine (C=N–C) groups is 1. The molecule has 0 aromatic carbocycles. The van der Waals surface area contributed by atoms with Gasteiger partial charge in [0.05, 0.1) is 12.3 Å². The van der Waals surface area contributed by atoms with Crippen LogP contribution in [0.2, 0.25) is 0 Å². The van der Waals surface area contributed by atoms with Crippen LogP contribution in [0, 0.1) is 5.92 Å². The molecule has 3 heterocycles. The first kappa shape index (κ1) is 23.0. The molecule has 0 bridgehead atoms. The summed E-state index contributed by atoms with van der Waals surface area (Å²) in [6, 6.07) is 6.66. The van der Waals surface area contributed by atoms with Gasteiger partial charge in [-0.05, 0) is 63.7 Å². The van der Waals surface area contributed by atoms with Gasteiger partial charge >= 0.3 is 0 Å². The number of aromatic nitrogens is 1. The third-order valence-corrected chi connectivity index (χ3v) is 6.21. The van der Waals surface area contributed by atoms with E-state index in [0.29, 0.717) is 12.0 Å². The van der Waals surface area contributed by atoms with Crippen LogP contribution in [0.4, 0.5) is 0 Å². The molecular weight excluding hydrogens is 376 g/mol. The largest absolute Gasteiger partial charge is 0.383 e. The minimum atomic E-state index is 0.499. The fraction of sp³-hybridized carbons (Fsp3) is 0.739. The lowest BCUT2D eigenvalue weighted by Gasteiger charge is -2.33. The van der Waals surface area contributed by atoms with Crippen molar-refractivity contribution in [2.75, 3.05) is 59.5 Å². The van der Waals surface area contributed by atoms with Gasteiger partial charge in [0.25, 0.3) is 0 Å². The number of hydrogen-bond acceptors (Lipinski definition) is 5. The first-order chi connectivity index (χ1) is 14.8. The predicted molar refractivity (Wildman–Crippen MR) is 123 cm³/mol. The van der Waals surface area contributed by atoms with Gasteiger partial charge in [0.1, 0.15) is 0 Å². The van der Waals surface area contributed by atoms with Crippen molar-refractivity contribution in [1.29, 1.82) is 0 Å². The Morgan fingerprint density at radius 1 is 1.13 bits per heavy atom. The Hall–Kier alpha value is -1.70. The van der Waals surface area contributed by atoms with Crippen LogP contribution < -0.4 is 10.6 Å². The number of nitrogens with one attached hydrogen (secondary N) is 2. The number of hydrogen-bond donors (Lipinski definition) is 2. The smallest absolute Gasteiger partial charge is 0.191 e. The van der Waals surface area contributed by atoms with Crippen molar-refractivity contribution in [1.82, 2.24) is 25.4 Å². The van der Waals surface area contributed by atoms with Gasteiger partial charge < -0.3 is 20.3 Å². The van der Waals surface area contributed by atoms with Crippen molar-refractivity contribution in [2.24, 2.45) is 10.9 Å². The summed E-state index contributed by atoms with van der Waals surface area (Å²) in [6.45, 7) is 11.3. The predicted octanol–water partition coefficient (Wildman–Crippen LogP) is 1.96. The van der Waals surface area contributed by atoms with E-state index >= 15 is 0 Å². The van der Waals surface area contributed by atoms with Crippen LogP contribution in [0.3, 0.4) is 0 Å². The highest BCUT2D eigenvalue weighted by atomic mass is 16.5. The Kier molecular flexibility index (Phi) is 9.86. The van der Waals surface area contributed by atoms with Crippen LogP contribution >= 0.6 is 0 Å². The molecule has 1 aromatic rings. The standard InChI is InChI=1S/C23H40N6O/c1-3-24-23(26-18-20-7-12-28(13-8-20)16-17-30-2)27-21-9-14-29(15-10-21)19-22-6-4-5-11-25-22/h4-6,11,20-21H,3,7-10,12-19H2,1-2H3,(H2,24,26,27). The minimum absolute atomic E-state index is 0.499. The fourth-order valence-corrected chi connectivity index (χ4v) is 4.30. The number of methoxy groups -OCH3 is 1. The highest BCUT2D eigenvalue weighted by molar-refractivity contribution is 5.80. The molecule has 2 aliphatic heterocycles. The van der Waals surface area contributed by atoms with Gasteiger partial charge in [-0.1, -0.05) is 6.07 Å². The second kappa shape index (κ2) is 12.9. The van der Waals surface area contributed by atoms with Crippen LogP contribution in [-0.2, 0) is 11.3 Å². The molecule has 7 heteroatoms. The van der Waals surface area contributed by atoms with Crippen LogP contribution in [-0.4, -0.2) is 86.3 Å². The number of guanidine groups is 1. The molecule has 0 aliphatic carbocycles. The lowest BCUT2D eigenvalue weighted by molar-refractivity contribution is 0.121. The first-order valence-electron chi connectivity index (χ1n) is 11.6. The van der Waals surface area contributed by atoms with Crippen molar-refractivity contribution in [3.05, 3.63) is 30.1 Å². The van der Waals surface area contributed by atoms with E-state index in [1.165, 1.54) is 25.9 Å². The summed E-state index contributed by atoms with van der Waals surface area (Å²) >= 11 is 0. The Morgan fingerprint density at radius 2 is 1.90 bits per heavy atom. The van der Waals surface area contributed by atoms with Gasteiger partial charge in [-0.2, -0.15) is 0 Å². The quantitative estimate of drug-likeness (QED) is 0.474. The van der Waals surface area contributed by atoms with Gasteiger partial charge in [-0.3, -0.25) is 14.9 Å². The third-order valence-electron chi connectivity index (χ3n) is 6.21. The van der Waals surface area contributed by atoms with Crippen molar-refractivity contribution in [2.45, 2.75) is 45.2 Å². The third kappa shape index (κ3) is 7.85. The summed E-state index contributed by atoms with van der Waals surface area (Å²) in [6.07, 6.45) is 6.65. The zero-order chi connectivity index (χ0) is 21.0. The molecule has 7 nitrogen and oxygen atoms in total. The molecule has 0 spiro atoms. The number of piperidine rings is 2. The van der Waals surface area contributed by atoms with Crippen LogP contribution in [0.15, 0.2) is 29.4 Å². The van der Waals surface area contributed by atoms with Crippen molar-refractivity contribution in [3.63, 3.8) is 0 Å². The van der Waals surface area contributed by atoms with E-state index in [9.17, 15) is 0 Å². The van der Waals surface area contributed by atoms with Crippen molar-refractivity contribution in [3.8, 4) is 0 Å². The highest BCUT2D eigenvalue weighted by Crippen LogP contribution is 2.17. The van der Waals surface area contributed by atoms with Gasteiger partial charge in [0, 0.05) is 58.6 Å². The average molecular weight is 417 g/mol. The van der Waals surface area contributed by atoms with Gasteiger partial charge in [0.15, 0.2) is 5.96 Å². The van der Waals surface area contributed by atoms with Crippen molar-refractivity contribution >= 4 is 5.96 Å². The summed E-state index contributed by atoms with van der Waals surface area (Å²) in [5, 5.41) is 7.13. The lowest BCUT2D eigenvalue weighted by atomic mass is 9.97. The minimum Gasteiger partial charge on any atom is -0.383 e. The number of nitrogens with zero attached hydrogens (tertiary/aromatic N) is 4. The molecule has 2 saturated heterocycles. The molecule has 0 atom stereocenters. The van der Waals surface area contributed by atoms with Crippen LogP contribution in [0.5, 0.6) is 0 Å². The summed E-state index contributed by atoms with van der Waals surface area (Å²) < 4.78 is 5.20. The second-order valence-electron chi connectivity index (χ2n) is 8.51. The van der Waals surface area contributed by atoms with Crippen LogP contribution in [0.1, 0.15) is 38.3 Å². The molecule has 0 radical (unpaired) electrons. The number of rotatable bonds is 9. The van der Waals surface area contributed by atoms with E-state index in [1.54, 1.807) is 7.11 Å². The topological polar surface area (TPSA) is 65.0 Å². The van der Waals surface area contributed by atoms with E-state index < -0.39 is 0 Å². The maximum atomic E-state index is 5.20. The van der Waals surface area contributed by atoms with E-state index in [1.807, 2.05) is 12.3 Å². The molecule has 2 fully saturated rings. The molecule has 1 aromatic heterocycles. The Labute approximate surface area is 182 Å². The Bertz CT molecular complexity index is 609. The summed E-state index contributed by atoms with van der Waals surface area (Å²) in [7, 11) is 1.78. The SMILES string of the molecule is CCNC(=NCC1CCN(CCOC)CC1)NC1CCN(Cc2ccccn2)CC1. The van der Waals surface area contributed by atoms with Gasteiger partial charge in [-0.15, -0.1) is 0 Å². The summed E-state index contributed by atoms with van der Waals surface area (Å²) in [5.74, 6) is 1.68. The summed E-state index contributed by atoms with van der Waals surface area (Å²) in [5.41, 5.74) is 1.16. The van der Waals surface area contributed by atoms with Gasteiger partial charge in [0.2, 0.25) is 0 Å². The molecule has 0 amide bonds. The number of ether oxygens (including phenoxy) is 1. The van der Waals surface area contributed by atoms with Gasteiger partial charge in [-0.25, -0.2) is 0 Å². The molecule has 0 saturated carbocycles. The molecule has 2 aliphatic rings. The zero-order valence-electron chi connectivity index (χ0n) is 18.9. The van der Waals surface area contributed by atoms with Crippen molar-refractivity contribution < 1.29 is 4.74 Å². The first-order valence-corrected chi connectivity index (χ1v) is 11.6. The maximum Gasteiger partial charge on any atom is 0.191 e. The second-order valence-corrected chi connectivity index (χ2v) is 8.51. The van der Waals surface area contributed by atoms with E-state index in [2.05, 4.69) is 44.5 Å². The average Bonchev–Trinajstić information content (AvgIpc) is 2.79. The zero-order valence-corrected chi connectivity index (χ0v) is 18.9. The Balaban J connectivity index is 1.39. The van der Waals surface area contributed by atoms with E-state index in [0.717, 1.165) is 70.4 Å². The van der Waals surface area contributed by atoms with E-state index in [4.69, 9.17) is 9.73 Å². The molecule has 168 valence electrons. The molecule has 0 unspecified atom stereocenters. The monoisotopic (exact) mass is 416 g/mol. The fourth-order valence-electron chi connectivity index (χ4n) is 4.30. The number of likely N-dealkylation sites (tertiary alicyclic amines) is 2. The molecule has 3 rings (SSSR count). The lowest BCUT2D eigenvalue weighted by Crippen LogP contribution is -2.48. The Morgan fingerprint density at radius 3 is 2.57 bits per heavy atom. The molecule has 2 N–H and O–H groups in total. The molecule has 30 heavy (non-hydrogen) atoms. The summed E-state index contributed by atoms with van der Waals surface area (Å²) in [4.78, 5) is 14.4. The van der Waals surface area contributed by atoms with Crippen LogP contribution in [0.25, 0.3) is 0 Å². The van der Waals surface area contributed by atoms with E-state index in [-0.39, 0.29) is 0 Å². The normalized spacial score (nSPS) is 20.4. The maximum absolute atomic E-state index is 5.20. The molecular formula is C23H40N6O. The number of pyridine rings is 1. The highest BCUT2D eigenvalue weighted by Gasteiger charge is 2.21.